The summed E-state index contributed by atoms with van der Waals surface area (Å²) in [6, 6.07) is 10.2. The Morgan fingerprint density at radius 3 is 2.65 bits per heavy atom. The van der Waals surface area contributed by atoms with E-state index in [0.29, 0.717) is 11.5 Å². The van der Waals surface area contributed by atoms with Gasteiger partial charge in [0, 0.05) is 18.3 Å². The molecule has 0 fully saturated rings. The minimum absolute atomic E-state index is 0.0593. The molecule has 0 bridgehead atoms. The van der Waals surface area contributed by atoms with E-state index < -0.39 is 17.5 Å². The Kier molecular flexibility index (Phi) is 4.14. The zero-order valence-corrected chi connectivity index (χ0v) is 11.9. The molecule has 1 aromatic carbocycles. The second-order valence-electron chi connectivity index (χ2n) is 4.84. The number of aromatic nitrogens is 1. The lowest BCUT2D eigenvalue weighted by Crippen LogP contribution is -2.23. The molecule has 0 unspecified atom stereocenters. The fraction of sp³-hybridized carbons (Fsp3) is 0.0588. The maximum Gasteiger partial charge on any atom is 0.251 e. The van der Waals surface area contributed by atoms with Gasteiger partial charge in [-0.05, 0) is 42.0 Å². The van der Waals surface area contributed by atoms with Gasteiger partial charge >= 0.3 is 0 Å². The van der Waals surface area contributed by atoms with Crippen LogP contribution in [0.15, 0.2) is 59.3 Å². The molecule has 4 nitrogen and oxygen atoms in total. The summed E-state index contributed by atoms with van der Waals surface area (Å²) in [6.45, 7) is 0.225. The van der Waals surface area contributed by atoms with Crippen LogP contribution in [0.1, 0.15) is 15.9 Å². The summed E-state index contributed by atoms with van der Waals surface area (Å²) in [5, 5.41) is 2.62. The number of amides is 1. The van der Waals surface area contributed by atoms with Gasteiger partial charge in [0.25, 0.3) is 5.91 Å². The summed E-state index contributed by atoms with van der Waals surface area (Å²) in [4.78, 5) is 16.1. The van der Waals surface area contributed by atoms with Gasteiger partial charge in [0.15, 0.2) is 17.4 Å². The van der Waals surface area contributed by atoms with Crippen LogP contribution >= 0.6 is 0 Å². The molecule has 0 aliphatic carbocycles. The summed E-state index contributed by atoms with van der Waals surface area (Å²) < 4.78 is 31.2. The van der Waals surface area contributed by atoms with Crippen molar-refractivity contribution < 1.29 is 18.0 Å². The Balaban J connectivity index is 1.63. The van der Waals surface area contributed by atoms with Crippen LogP contribution in [0.2, 0.25) is 0 Å². The van der Waals surface area contributed by atoms with Crippen LogP contribution in [0.3, 0.4) is 0 Å². The molecule has 2 aromatic heterocycles. The Bertz CT molecular complexity index is 815. The second-order valence-corrected chi connectivity index (χ2v) is 4.84. The van der Waals surface area contributed by atoms with Crippen molar-refractivity contribution in [3.63, 3.8) is 0 Å². The van der Waals surface area contributed by atoms with E-state index in [1.54, 1.807) is 36.7 Å². The van der Waals surface area contributed by atoms with Crippen molar-refractivity contribution in [3.05, 3.63) is 77.7 Å². The van der Waals surface area contributed by atoms with Crippen LogP contribution in [0.5, 0.6) is 0 Å². The van der Waals surface area contributed by atoms with Crippen molar-refractivity contribution in [2.45, 2.75) is 6.54 Å². The number of hydrogen-bond donors (Lipinski definition) is 1. The normalized spacial score (nSPS) is 10.5. The minimum Gasteiger partial charge on any atom is -0.463 e. The summed E-state index contributed by atoms with van der Waals surface area (Å²) in [5.41, 5.74) is 1.52. The van der Waals surface area contributed by atoms with Gasteiger partial charge < -0.3 is 9.73 Å². The molecule has 3 aromatic rings. The first kappa shape index (κ1) is 14.9. The van der Waals surface area contributed by atoms with Crippen molar-refractivity contribution >= 4 is 5.91 Å². The topological polar surface area (TPSA) is 55.1 Å². The van der Waals surface area contributed by atoms with Gasteiger partial charge in [0.05, 0.1) is 6.26 Å². The van der Waals surface area contributed by atoms with Gasteiger partial charge in [-0.1, -0.05) is 6.07 Å². The first-order valence-corrected chi connectivity index (χ1v) is 6.85. The van der Waals surface area contributed by atoms with E-state index in [9.17, 15) is 13.6 Å². The van der Waals surface area contributed by atoms with Crippen molar-refractivity contribution in [1.29, 1.82) is 0 Å². The lowest BCUT2D eigenvalue weighted by atomic mass is 10.2. The molecule has 1 amide bonds. The summed E-state index contributed by atoms with van der Waals surface area (Å²) >= 11 is 0. The quantitative estimate of drug-likeness (QED) is 0.801. The first-order valence-electron chi connectivity index (χ1n) is 6.85. The number of carbonyl (C=O) groups excluding carboxylic acids is 1. The van der Waals surface area contributed by atoms with Crippen LogP contribution in [0, 0.1) is 11.6 Å². The number of nitrogens with one attached hydrogen (secondary N) is 1. The molecule has 0 atom stereocenters. The highest BCUT2D eigenvalue weighted by molar-refractivity contribution is 5.94. The van der Waals surface area contributed by atoms with E-state index in [1.165, 1.54) is 6.07 Å². The molecule has 116 valence electrons. The zero-order chi connectivity index (χ0) is 16.2. The van der Waals surface area contributed by atoms with Gasteiger partial charge in [-0.25, -0.2) is 8.78 Å². The van der Waals surface area contributed by atoms with Crippen LogP contribution in [-0.2, 0) is 6.54 Å². The largest absolute Gasteiger partial charge is 0.463 e. The van der Waals surface area contributed by atoms with Gasteiger partial charge in [0.2, 0.25) is 0 Å². The zero-order valence-electron chi connectivity index (χ0n) is 11.9. The third-order valence-electron chi connectivity index (χ3n) is 3.23. The molecule has 0 radical (unpaired) electrons. The molecular weight excluding hydrogens is 302 g/mol. The number of benzene rings is 1. The van der Waals surface area contributed by atoms with E-state index in [4.69, 9.17) is 4.42 Å². The number of hydrogen-bond acceptors (Lipinski definition) is 3. The lowest BCUT2D eigenvalue weighted by Gasteiger charge is -2.06. The maximum absolute atomic E-state index is 13.1. The summed E-state index contributed by atoms with van der Waals surface area (Å²) in [5.74, 6) is -1.87. The molecule has 0 saturated heterocycles. The Morgan fingerprint density at radius 2 is 2.00 bits per heavy atom. The van der Waals surface area contributed by atoms with E-state index in [-0.39, 0.29) is 12.1 Å². The number of nitrogens with zero attached hydrogens (tertiary/aromatic N) is 1. The number of halogens is 2. The van der Waals surface area contributed by atoms with Crippen LogP contribution < -0.4 is 5.32 Å². The summed E-state index contributed by atoms with van der Waals surface area (Å²) in [7, 11) is 0. The highest BCUT2D eigenvalue weighted by atomic mass is 19.2. The van der Waals surface area contributed by atoms with Gasteiger partial charge in [0.1, 0.15) is 5.69 Å². The lowest BCUT2D eigenvalue weighted by molar-refractivity contribution is 0.0950. The fourth-order valence-corrected chi connectivity index (χ4v) is 2.02. The van der Waals surface area contributed by atoms with Crippen molar-refractivity contribution in [2.24, 2.45) is 0 Å². The Labute approximate surface area is 130 Å². The fourth-order valence-electron chi connectivity index (χ4n) is 2.02. The monoisotopic (exact) mass is 314 g/mol. The van der Waals surface area contributed by atoms with Gasteiger partial charge in [-0.15, -0.1) is 0 Å². The minimum atomic E-state index is -1.05. The van der Waals surface area contributed by atoms with Gasteiger partial charge in [-0.3, -0.25) is 9.78 Å². The van der Waals surface area contributed by atoms with Crippen LogP contribution in [-0.4, -0.2) is 10.9 Å². The standard InChI is InChI=1S/C17H12F2N2O2/c18-13-5-4-12(8-14(13)19)17(22)21-10-11-3-6-15(20-9-11)16-2-1-7-23-16/h1-9H,10H2,(H,21,22). The van der Waals surface area contributed by atoms with E-state index >= 15 is 0 Å². The van der Waals surface area contributed by atoms with Crippen LogP contribution in [0.25, 0.3) is 11.5 Å². The predicted octanol–water partition coefficient (Wildman–Crippen LogP) is 3.55. The number of pyridine rings is 1. The highest BCUT2D eigenvalue weighted by Crippen LogP contribution is 2.17. The molecule has 1 N–H and O–H groups in total. The average molecular weight is 314 g/mol. The van der Waals surface area contributed by atoms with Crippen molar-refractivity contribution in [1.82, 2.24) is 10.3 Å². The summed E-state index contributed by atoms with van der Waals surface area (Å²) in [6.07, 6.45) is 3.18. The first-order chi connectivity index (χ1) is 11.1. The Morgan fingerprint density at radius 1 is 1.13 bits per heavy atom. The third-order valence-corrected chi connectivity index (χ3v) is 3.23. The van der Waals surface area contributed by atoms with E-state index in [2.05, 4.69) is 10.3 Å². The van der Waals surface area contributed by atoms with Crippen LogP contribution in [0.4, 0.5) is 8.78 Å². The molecule has 0 aliphatic rings. The van der Waals surface area contributed by atoms with E-state index in [1.807, 2.05) is 0 Å². The van der Waals surface area contributed by atoms with E-state index in [0.717, 1.165) is 17.7 Å². The van der Waals surface area contributed by atoms with Crippen molar-refractivity contribution in [3.8, 4) is 11.5 Å². The molecule has 6 heteroatoms. The molecule has 0 aliphatic heterocycles. The van der Waals surface area contributed by atoms with Gasteiger partial charge in [-0.2, -0.15) is 0 Å². The Hall–Kier alpha value is -3.02. The molecule has 23 heavy (non-hydrogen) atoms. The third kappa shape index (κ3) is 3.42. The molecule has 3 rings (SSSR count). The molecule has 0 saturated carbocycles. The highest BCUT2D eigenvalue weighted by Gasteiger charge is 2.09. The molecule has 0 spiro atoms. The number of furan rings is 1. The average Bonchev–Trinajstić information content (AvgIpc) is 3.10. The smallest absolute Gasteiger partial charge is 0.251 e. The predicted molar refractivity (Wildman–Crippen MR) is 79.5 cm³/mol. The van der Waals surface area contributed by atoms with Crippen molar-refractivity contribution in [2.75, 3.05) is 0 Å². The second kappa shape index (κ2) is 6.39. The maximum atomic E-state index is 13.1. The number of rotatable bonds is 4. The molecular formula is C17H12F2N2O2. The number of carbonyl (C=O) groups is 1. The SMILES string of the molecule is O=C(NCc1ccc(-c2ccco2)nc1)c1ccc(F)c(F)c1. The molecule has 2 heterocycles.